The molecule has 0 aromatic heterocycles. The van der Waals surface area contributed by atoms with E-state index in [4.69, 9.17) is 11.6 Å². The van der Waals surface area contributed by atoms with Gasteiger partial charge in [-0.05, 0) is 80.2 Å². The smallest absolute Gasteiger partial charge is 0.230 e. The molecule has 0 radical (unpaired) electrons. The number of amides is 1. The first-order chi connectivity index (χ1) is 12.7. The fourth-order valence-electron chi connectivity index (χ4n) is 4.59. The second-order valence-electron chi connectivity index (χ2n) is 8.15. The van der Waals surface area contributed by atoms with E-state index in [1.54, 1.807) is 0 Å². The third-order valence-electron chi connectivity index (χ3n) is 6.39. The van der Waals surface area contributed by atoms with Crippen LogP contribution in [0.1, 0.15) is 44.1 Å². The van der Waals surface area contributed by atoms with Gasteiger partial charge in [0.25, 0.3) is 0 Å². The minimum atomic E-state index is -0.292. The molecule has 1 aromatic carbocycles. The lowest BCUT2D eigenvalue weighted by Gasteiger charge is -2.40. The van der Waals surface area contributed by atoms with Gasteiger partial charge in [0, 0.05) is 24.2 Å². The van der Waals surface area contributed by atoms with Crippen LogP contribution in [0.4, 0.5) is 0 Å². The summed E-state index contributed by atoms with van der Waals surface area (Å²) < 4.78 is 0. The maximum absolute atomic E-state index is 12.9. The zero-order valence-electron chi connectivity index (χ0n) is 15.4. The Morgan fingerprint density at radius 2 is 1.92 bits per heavy atom. The van der Waals surface area contributed by atoms with Crippen LogP contribution in [-0.4, -0.2) is 48.0 Å². The summed E-state index contributed by atoms with van der Waals surface area (Å²) in [6.07, 6.45) is 7.10. The van der Waals surface area contributed by atoms with Crippen molar-refractivity contribution in [3.63, 3.8) is 0 Å². The minimum Gasteiger partial charge on any atom is -0.355 e. The summed E-state index contributed by atoms with van der Waals surface area (Å²) in [5.41, 5.74) is 0.823. The molecule has 3 nitrogen and oxygen atoms in total. The number of nitrogens with zero attached hydrogens (tertiary/aromatic N) is 1. The summed E-state index contributed by atoms with van der Waals surface area (Å²) in [5.74, 6) is 3.44. The van der Waals surface area contributed by atoms with Gasteiger partial charge in [0.1, 0.15) is 0 Å². The number of halogens is 1. The third-order valence-corrected chi connectivity index (χ3v) is 7.69. The number of rotatable bonds is 5. The lowest BCUT2D eigenvalue weighted by Crippen LogP contribution is -2.47. The SMILES string of the molecule is O=C(NC[C@@H]1CCCN(C2CCSCC2)C1)C1(c2ccc(Cl)cc2)CC1. The highest BCUT2D eigenvalue weighted by molar-refractivity contribution is 7.99. The van der Waals surface area contributed by atoms with Crippen LogP contribution >= 0.6 is 23.4 Å². The van der Waals surface area contributed by atoms with Gasteiger partial charge in [-0.2, -0.15) is 11.8 Å². The van der Waals surface area contributed by atoms with Crippen molar-refractivity contribution >= 4 is 29.3 Å². The van der Waals surface area contributed by atoms with Gasteiger partial charge in [-0.25, -0.2) is 0 Å². The first kappa shape index (κ1) is 18.6. The van der Waals surface area contributed by atoms with Crippen LogP contribution in [0, 0.1) is 5.92 Å². The number of hydrogen-bond donors (Lipinski definition) is 1. The van der Waals surface area contributed by atoms with Crippen molar-refractivity contribution in [1.82, 2.24) is 10.2 Å². The highest BCUT2D eigenvalue weighted by Gasteiger charge is 2.51. The topological polar surface area (TPSA) is 32.3 Å². The average molecular weight is 393 g/mol. The van der Waals surface area contributed by atoms with Crippen LogP contribution in [0.15, 0.2) is 24.3 Å². The van der Waals surface area contributed by atoms with E-state index >= 15 is 0 Å². The highest BCUT2D eigenvalue weighted by Crippen LogP contribution is 2.48. The molecule has 1 N–H and O–H groups in total. The number of hydrogen-bond acceptors (Lipinski definition) is 3. The second kappa shape index (κ2) is 8.12. The second-order valence-corrected chi connectivity index (χ2v) is 9.81. The molecule has 1 atom stereocenters. The van der Waals surface area contributed by atoms with Crippen LogP contribution in [0.2, 0.25) is 5.02 Å². The Morgan fingerprint density at radius 3 is 2.62 bits per heavy atom. The monoisotopic (exact) mass is 392 g/mol. The number of piperidine rings is 1. The Labute approximate surface area is 166 Å². The number of thioether (sulfide) groups is 1. The first-order valence-electron chi connectivity index (χ1n) is 10.0. The summed E-state index contributed by atoms with van der Waals surface area (Å²) in [7, 11) is 0. The lowest BCUT2D eigenvalue weighted by molar-refractivity contribution is -0.123. The van der Waals surface area contributed by atoms with Gasteiger partial charge in [0.2, 0.25) is 5.91 Å². The lowest BCUT2D eigenvalue weighted by atomic mass is 9.93. The molecule has 2 aliphatic heterocycles. The minimum absolute atomic E-state index is 0.214. The van der Waals surface area contributed by atoms with Crippen LogP contribution in [-0.2, 0) is 10.2 Å². The number of likely N-dealkylation sites (tertiary alicyclic amines) is 1. The van der Waals surface area contributed by atoms with Crippen molar-refractivity contribution in [2.24, 2.45) is 5.92 Å². The molecule has 1 amide bonds. The predicted molar refractivity (Wildman–Crippen MR) is 110 cm³/mol. The Hall–Kier alpha value is -0.710. The van der Waals surface area contributed by atoms with Crippen LogP contribution < -0.4 is 5.32 Å². The first-order valence-corrected chi connectivity index (χ1v) is 11.6. The molecule has 5 heteroatoms. The van der Waals surface area contributed by atoms with Crippen LogP contribution in [0.3, 0.4) is 0 Å². The van der Waals surface area contributed by atoms with Gasteiger partial charge in [-0.15, -0.1) is 0 Å². The van der Waals surface area contributed by atoms with Gasteiger partial charge in [0.05, 0.1) is 5.41 Å². The molecule has 1 aromatic rings. The summed E-state index contributed by atoms with van der Waals surface area (Å²) >= 11 is 8.09. The number of carbonyl (C=O) groups is 1. The molecule has 4 rings (SSSR count). The quantitative estimate of drug-likeness (QED) is 0.818. The van der Waals surface area contributed by atoms with Crippen LogP contribution in [0.25, 0.3) is 0 Å². The molecule has 2 heterocycles. The normalized spacial score (nSPS) is 26.4. The van der Waals surface area contributed by atoms with Crippen molar-refractivity contribution in [3.05, 3.63) is 34.9 Å². The van der Waals surface area contributed by atoms with E-state index in [9.17, 15) is 4.79 Å². The van der Waals surface area contributed by atoms with E-state index in [2.05, 4.69) is 22.0 Å². The van der Waals surface area contributed by atoms with Crippen LogP contribution in [0.5, 0.6) is 0 Å². The van der Waals surface area contributed by atoms with Gasteiger partial charge in [-0.1, -0.05) is 23.7 Å². The van der Waals surface area contributed by atoms with Crippen molar-refractivity contribution in [1.29, 1.82) is 0 Å². The third kappa shape index (κ3) is 4.07. The maximum Gasteiger partial charge on any atom is 0.230 e. The Bertz CT molecular complexity index is 625. The molecule has 1 saturated carbocycles. The summed E-state index contributed by atoms with van der Waals surface area (Å²) in [6, 6.07) is 8.59. The number of carbonyl (C=O) groups excluding carboxylic acids is 1. The van der Waals surface area contributed by atoms with Crippen molar-refractivity contribution in [3.8, 4) is 0 Å². The van der Waals surface area contributed by atoms with E-state index in [1.165, 1.54) is 43.7 Å². The Morgan fingerprint density at radius 1 is 1.19 bits per heavy atom. The summed E-state index contributed by atoms with van der Waals surface area (Å²) in [5, 5.41) is 4.02. The number of nitrogens with one attached hydrogen (secondary N) is 1. The Balaban J connectivity index is 1.30. The van der Waals surface area contributed by atoms with Crippen molar-refractivity contribution in [2.45, 2.75) is 50.0 Å². The summed E-state index contributed by atoms with van der Waals surface area (Å²) in [6.45, 7) is 3.23. The van der Waals surface area contributed by atoms with E-state index in [-0.39, 0.29) is 11.3 Å². The van der Waals surface area contributed by atoms with E-state index in [0.29, 0.717) is 5.92 Å². The Kier molecular flexibility index (Phi) is 5.82. The van der Waals surface area contributed by atoms with Crippen molar-refractivity contribution < 1.29 is 4.79 Å². The van der Waals surface area contributed by atoms with E-state index < -0.39 is 0 Å². The van der Waals surface area contributed by atoms with Gasteiger partial charge >= 0.3 is 0 Å². The fraction of sp³-hybridized carbons (Fsp3) is 0.667. The molecule has 3 aliphatic rings. The average Bonchev–Trinajstić information content (AvgIpc) is 3.50. The molecule has 142 valence electrons. The predicted octanol–water partition coefficient (Wildman–Crippen LogP) is 4.10. The highest BCUT2D eigenvalue weighted by atomic mass is 35.5. The van der Waals surface area contributed by atoms with Gasteiger partial charge in [-0.3, -0.25) is 9.69 Å². The standard InChI is InChI=1S/C21H29ClN2OS/c22-18-5-3-17(4-6-18)21(9-10-21)20(25)23-14-16-2-1-11-24(15-16)19-7-12-26-13-8-19/h3-6,16,19H,1-2,7-15H2,(H,23,25)/t16-/m0/s1. The molecule has 1 aliphatic carbocycles. The maximum atomic E-state index is 12.9. The molecule has 2 saturated heterocycles. The zero-order valence-corrected chi connectivity index (χ0v) is 17.0. The number of benzene rings is 1. The molecular weight excluding hydrogens is 364 g/mol. The molecule has 26 heavy (non-hydrogen) atoms. The zero-order chi connectivity index (χ0) is 18.0. The fourth-order valence-corrected chi connectivity index (χ4v) is 5.80. The molecule has 3 fully saturated rings. The van der Waals surface area contributed by atoms with Gasteiger partial charge in [0.15, 0.2) is 0 Å². The van der Waals surface area contributed by atoms with E-state index in [1.807, 2.05) is 24.3 Å². The molecule has 0 bridgehead atoms. The van der Waals surface area contributed by atoms with Crippen molar-refractivity contribution in [2.75, 3.05) is 31.1 Å². The summed E-state index contributed by atoms with van der Waals surface area (Å²) in [4.78, 5) is 15.6. The molecular formula is C21H29ClN2OS. The molecule has 0 spiro atoms. The molecule has 0 unspecified atom stereocenters. The van der Waals surface area contributed by atoms with Gasteiger partial charge < -0.3 is 5.32 Å². The largest absolute Gasteiger partial charge is 0.355 e. The van der Waals surface area contributed by atoms with E-state index in [0.717, 1.165) is 42.6 Å².